The molecule has 142 valence electrons. The molecule has 7 heteroatoms. The fraction of sp³-hybridized carbons (Fsp3) is 0.350. The van der Waals surface area contributed by atoms with E-state index in [1.54, 1.807) is 17.9 Å². The number of hydrogen-bond donors (Lipinski definition) is 1. The number of benzene rings is 1. The number of methoxy groups -OCH3 is 1. The Morgan fingerprint density at radius 3 is 2.56 bits per heavy atom. The summed E-state index contributed by atoms with van der Waals surface area (Å²) in [5, 5.41) is 3.20. The summed E-state index contributed by atoms with van der Waals surface area (Å²) in [6, 6.07) is 11.0. The number of fused-ring (bicyclic) bond motifs is 1. The summed E-state index contributed by atoms with van der Waals surface area (Å²) < 4.78 is 6.80. The summed E-state index contributed by atoms with van der Waals surface area (Å²) in [6.07, 6.45) is 1.66. The van der Waals surface area contributed by atoms with E-state index in [1.807, 2.05) is 36.4 Å². The minimum Gasteiger partial charge on any atom is -0.497 e. The molecule has 3 rings (SSSR count). The third-order valence-electron chi connectivity index (χ3n) is 4.56. The maximum Gasteiger partial charge on any atom is 0.299 e. The largest absolute Gasteiger partial charge is 0.497 e. The number of aromatic nitrogens is 3. The third kappa shape index (κ3) is 4.09. The van der Waals surface area contributed by atoms with Crippen LogP contribution in [0.3, 0.4) is 0 Å². The standard InChI is InChI=1S/C20H25N5O2/c1-4-24(5-2)14-13-21-18-20(26)25(15-8-10-16(27-3)11-9-15)19-17(23-18)7-6-12-22-19/h6-12H,4-5,13-14H2,1-3H3,(H,21,23). The molecule has 3 aromatic rings. The number of nitrogens with one attached hydrogen (secondary N) is 1. The Hall–Kier alpha value is -2.93. The van der Waals surface area contributed by atoms with Crippen molar-refractivity contribution in [3.63, 3.8) is 0 Å². The SMILES string of the molecule is CCN(CC)CCNc1nc2cccnc2n(-c2ccc(OC)cc2)c1=O. The van der Waals surface area contributed by atoms with Gasteiger partial charge in [0.05, 0.1) is 12.8 Å². The highest BCUT2D eigenvalue weighted by Gasteiger charge is 2.13. The average Bonchev–Trinajstić information content (AvgIpc) is 2.72. The van der Waals surface area contributed by atoms with Gasteiger partial charge < -0.3 is 15.0 Å². The summed E-state index contributed by atoms with van der Waals surface area (Å²) >= 11 is 0. The summed E-state index contributed by atoms with van der Waals surface area (Å²) in [4.78, 5) is 24.3. The molecular weight excluding hydrogens is 342 g/mol. The number of ether oxygens (including phenoxy) is 1. The molecule has 0 radical (unpaired) electrons. The molecule has 2 heterocycles. The van der Waals surface area contributed by atoms with E-state index in [0.717, 1.165) is 31.1 Å². The van der Waals surface area contributed by atoms with E-state index >= 15 is 0 Å². The van der Waals surface area contributed by atoms with Crippen molar-refractivity contribution in [1.29, 1.82) is 0 Å². The Labute approximate surface area is 158 Å². The first kappa shape index (κ1) is 18.8. The van der Waals surface area contributed by atoms with Crippen molar-refractivity contribution in [1.82, 2.24) is 19.4 Å². The van der Waals surface area contributed by atoms with Crippen LogP contribution in [0.1, 0.15) is 13.8 Å². The van der Waals surface area contributed by atoms with Gasteiger partial charge in [0.25, 0.3) is 5.56 Å². The topological polar surface area (TPSA) is 72.3 Å². The fourth-order valence-electron chi connectivity index (χ4n) is 2.98. The van der Waals surface area contributed by atoms with Crippen LogP contribution >= 0.6 is 0 Å². The number of hydrogen-bond acceptors (Lipinski definition) is 6. The second kappa shape index (κ2) is 8.64. The smallest absolute Gasteiger partial charge is 0.299 e. The lowest BCUT2D eigenvalue weighted by molar-refractivity contribution is 0.316. The van der Waals surface area contributed by atoms with Gasteiger partial charge in [-0.1, -0.05) is 13.8 Å². The molecule has 0 saturated heterocycles. The van der Waals surface area contributed by atoms with E-state index in [9.17, 15) is 4.79 Å². The average molecular weight is 367 g/mol. The van der Waals surface area contributed by atoms with Crippen LogP contribution in [-0.4, -0.2) is 52.7 Å². The van der Waals surface area contributed by atoms with E-state index in [1.165, 1.54) is 0 Å². The van der Waals surface area contributed by atoms with Crippen LogP contribution in [0, 0.1) is 0 Å². The van der Waals surface area contributed by atoms with Gasteiger partial charge in [-0.2, -0.15) is 0 Å². The number of nitrogens with zero attached hydrogens (tertiary/aromatic N) is 4. The van der Waals surface area contributed by atoms with Crippen molar-refractivity contribution in [2.24, 2.45) is 0 Å². The summed E-state index contributed by atoms with van der Waals surface area (Å²) in [5.41, 5.74) is 1.70. The molecule has 0 atom stereocenters. The quantitative estimate of drug-likeness (QED) is 0.660. The highest BCUT2D eigenvalue weighted by atomic mass is 16.5. The highest BCUT2D eigenvalue weighted by molar-refractivity contribution is 5.74. The first-order valence-corrected chi connectivity index (χ1v) is 9.16. The number of anilines is 1. The van der Waals surface area contributed by atoms with Gasteiger partial charge in [-0.3, -0.25) is 9.36 Å². The Bertz CT molecular complexity index is 949. The molecule has 0 amide bonds. The van der Waals surface area contributed by atoms with Crippen LogP contribution in [0.5, 0.6) is 5.75 Å². The van der Waals surface area contributed by atoms with Crippen LogP contribution < -0.4 is 15.6 Å². The van der Waals surface area contributed by atoms with Gasteiger partial charge in [-0.15, -0.1) is 0 Å². The Balaban J connectivity index is 2.00. The first-order valence-electron chi connectivity index (χ1n) is 9.16. The monoisotopic (exact) mass is 367 g/mol. The molecule has 0 spiro atoms. The molecule has 1 aromatic carbocycles. The normalized spacial score (nSPS) is 11.1. The van der Waals surface area contributed by atoms with Crippen LogP contribution in [0.25, 0.3) is 16.9 Å². The van der Waals surface area contributed by atoms with Crippen LogP contribution in [-0.2, 0) is 0 Å². The van der Waals surface area contributed by atoms with E-state index in [4.69, 9.17) is 4.74 Å². The summed E-state index contributed by atoms with van der Waals surface area (Å²) in [6.45, 7) is 7.70. The van der Waals surface area contributed by atoms with E-state index in [0.29, 0.717) is 23.5 Å². The number of likely N-dealkylation sites (N-methyl/N-ethyl adjacent to an activating group) is 1. The minimum absolute atomic E-state index is 0.217. The predicted molar refractivity (Wildman–Crippen MR) is 108 cm³/mol. The summed E-state index contributed by atoms with van der Waals surface area (Å²) in [5.74, 6) is 1.06. The Morgan fingerprint density at radius 1 is 1.15 bits per heavy atom. The van der Waals surface area contributed by atoms with Crippen LogP contribution in [0.15, 0.2) is 47.4 Å². The zero-order chi connectivity index (χ0) is 19.2. The molecule has 2 aromatic heterocycles. The maximum atomic E-state index is 13.1. The summed E-state index contributed by atoms with van der Waals surface area (Å²) in [7, 11) is 1.61. The van der Waals surface area contributed by atoms with Gasteiger partial charge in [0.2, 0.25) is 0 Å². The van der Waals surface area contributed by atoms with E-state index in [2.05, 4.69) is 34.0 Å². The van der Waals surface area contributed by atoms with Crippen molar-refractivity contribution in [3.8, 4) is 11.4 Å². The maximum absolute atomic E-state index is 13.1. The second-order valence-electron chi connectivity index (χ2n) is 6.10. The lowest BCUT2D eigenvalue weighted by Crippen LogP contribution is -2.31. The molecule has 0 unspecified atom stereocenters. The van der Waals surface area contributed by atoms with Crippen molar-refractivity contribution in [3.05, 3.63) is 52.9 Å². The zero-order valence-corrected chi connectivity index (χ0v) is 16.0. The van der Waals surface area contributed by atoms with Crippen molar-refractivity contribution >= 4 is 17.0 Å². The number of pyridine rings is 1. The molecular formula is C20H25N5O2. The minimum atomic E-state index is -0.217. The first-order chi connectivity index (χ1) is 13.2. The molecule has 0 fully saturated rings. The third-order valence-corrected chi connectivity index (χ3v) is 4.56. The molecule has 0 aliphatic carbocycles. The van der Waals surface area contributed by atoms with Gasteiger partial charge in [0, 0.05) is 19.3 Å². The van der Waals surface area contributed by atoms with E-state index in [-0.39, 0.29) is 5.56 Å². The fourth-order valence-corrected chi connectivity index (χ4v) is 2.98. The van der Waals surface area contributed by atoms with Crippen molar-refractivity contribution < 1.29 is 4.74 Å². The van der Waals surface area contributed by atoms with Gasteiger partial charge in [-0.05, 0) is 49.5 Å². The molecule has 0 aliphatic heterocycles. The molecule has 0 bridgehead atoms. The van der Waals surface area contributed by atoms with Gasteiger partial charge in [-0.25, -0.2) is 9.97 Å². The lowest BCUT2D eigenvalue weighted by Gasteiger charge is -2.18. The highest BCUT2D eigenvalue weighted by Crippen LogP contribution is 2.18. The zero-order valence-electron chi connectivity index (χ0n) is 16.0. The van der Waals surface area contributed by atoms with Crippen LogP contribution in [0.4, 0.5) is 5.82 Å². The van der Waals surface area contributed by atoms with Gasteiger partial charge in [0.15, 0.2) is 11.5 Å². The van der Waals surface area contributed by atoms with Crippen LogP contribution in [0.2, 0.25) is 0 Å². The van der Waals surface area contributed by atoms with Gasteiger partial charge >= 0.3 is 0 Å². The van der Waals surface area contributed by atoms with Crippen molar-refractivity contribution in [2.45, 2.75) is 13.8 Å². The molecule has 7 nitrogen and oxygen atoms in total. The molecule has 1 N–H and O–H groups in total. The second-order valence-corrected chi connectivity index (χ2v) is 6.10. The number of rotatable bonds is 8. The Morgan fingerprint density at radius 2 is 1.89 bits per heavy atom. The molecule has 27 heavy (non-hydrogen) atoms. The Kier molecular flexibility index (Phi) is 6.03. The molecule has 0 saturated carbocycles. The lowest BCUT2D eigenvalue weighted by atomic mass is 10.3. The van der Waals surface area contributed by atoms with E-state index < -0.39 is 0 Å². The molecule has 0 aliphatic rings. The van der Waals surface area contributed by atoms with Crippen molar-refractivity contribution in [2.75, 3.05) is 38.6 Å². The predicted octanol–water partition coefficient (Wildman–Crippen LogP) is 2.54. The van der Waals surface area contributed by atoms with Gasteiger partial charge in [0.1, 0.15) is 11.3 Å².